The quantitative estimate of drug-likeness (QED) is 0.609. The van der Waals surface area contributed by atoms with E-state index in [9.17, 15) is 4.79 Å². The van der Waals surface area contributed by atoms with Gasteiger partial charge in [-0.05, 0) is 23.1 Å². The predicted molar refractivity (Wildman–Crippen MR) is 67.6 cm³/mol. The first-order chi connectivity index (χ1) is 7.59. The zero-order valence-electron chi connectivity index (χ0n) is 9.68. The van der Waals surface area contributed by atoms with Gasteiger partial charge in [0.1, 0.15) is 0 Å². The van der Waals surface area contributed by atoms with Gasteiger partial charge in [0.2, 0.25) is 5.91 Å². The molecule has 1 amide bonds. The van der Waals surface area contributed by atoms with Gasteiger partial charge in [-0.3, -0.25) is 4.79 Å². The van der Waals surface area contributed by atoms with Gasteiger partial charge in [-0.1, -0.05) is 50.3 Å². The zero-order valence-corrected chi connectivity index (χ0v) is 9.68. The van der Waals surface area contributed by atoms with Crippen molar-refractivity contribution in [2.45, 2.75) is 13.8 Å². The molecule has 2 heteroatoms. The average Bonchev–Trinajstić information content (AvgIpc) is 2.25. The number of primary amides is 1. The first-order valence-corrected chi connectivity index (χ1v) is 5.34. The van der Waals surface area contributed by atoms with Gasteiger partial charge in [0, 0.05) is 6.08 Å². The SMILES string of the molecule is CC(C)/C=C(/C=C\C(N)=O)c1ccccc1. The maximum atomic E-state index is 10.7. The lowest BCUT2D eigenvalue weighted by atomic mass is 10.0. The third-order valence-electron chi connectivity index (χ3n) is 2.05. The van der Waals surface area contributed by atoms with Gasteiger partial charge in [0.15, 0.2) is 0 Å². The number of carbonyl (C=O) groups excluding carboxylic acids is 1. The molecule has 0 unspecified atom stereocenters. The van der Waals surface area contributed by atoms with Gasteiger partial charge in [-0.15, -0.1) is 0 Å². The summed E-state index contributed by atoms with van der Waals surface area (Å²) in [5.74, 6) is -0.00156. The van der Waals surface area contributed by atoms with Gasteiger partial charge >= 0.3 is 0 Å². The Hall–Kier alpha value is -1.83. The molecule has 0 atom stereocenters. The molecule has 0 radical (unpaired) electrons. The number of rotatable bonds is 4. The Morgan fingerprint density at radius 1 is 1.19 bits per heavy atom. The highest BCUT2D eigenvalue weighted by atomic mass is 16.1. The number of hydrogen-bond acceptors (Lipinski definition) is 1. The fourth-order valence-electron chi connectivity index (χ4n) is 1.41. The topological polar surface area (TPSA) is 43.1 Å². The fraction of sp³-hybridized carbons (Fsp3) is 0.214. The Bertz CT molecular complexity index is 402. The summed E-state index contributed by atoms with van der Waals surface area (Å²) in [6.07, 6.45) is 5.26. The molecule has 0 saturated heterocycles. The van der Waals surface area contributed by atoms with Crippen LogP contribution >= 0.6 is 0 Å². The molecule has 1 aromatic rings. The van der Waals surface area contributed by atoms with Crippen molar-refractivity contribution in [3.63, 3.8) is 0 Å². The number of nitrogens with two attached hydrogens (primary N) is 1. The number of allylic oxidation sites excluding steroid dienone is 3. The first-order valence-electron chi connectivity index (χ1n) is 5.34. The summed E-state index contributed by atoms with van der Waals surface area (Å²) >= 11 is 0. The van der Waals surface area contributed by atoms with Crippen molar-refractivity contribution in [3.05, 3.63) is 54.1 Å². The van der Waals surface area contributed by atoms with Gasteiger partial charge < -0.3 is 5.73 Å². The van der Waals surface area contributed by atoms with Crippen molar-refractivity contribution >= 4 is 11.5 Å². The number of benzene rings is 1. The van der Waals surface area contributed by atoms with E-state index in [1.54, 1.807) is 6.08 Å². The molecule has 0 heterocycles. The molecule has 0 aliphatic heterocycles. The van der Waals surface area contributed by atoms with Crippen LogP contribution in [0.5, 0.6) is 0 Å². The first kappa shape index (κ1) is 12.2. The largest absolute Gasteiger partial charge is 0.366 e. The normalized spacial score (nSPS) is 12.3. The maximum Gasteiger partial charge on any atom is 0.241 e. The van der Waals surface area contributed by atoms with E-state index in [0.717, 1.165) is 11.1 Å². The molecule has 0 bridgehead atoms. The van der Waals surface area contributed by atoms with Crippen LogP contribution in [0.4, 0.5) is 0 Å². The molecular weight excluding hydrogens is 198 g/mol. The standard InChI is InChI=1S/C14H17NO/c1-11(2)10-13(8-9-14(15)16)12-6-4-3-5-7-12/h3-11H,1-2H3,(H2,15,16)/b9-8-,13-10-. The van der Waals surface area contributed by atoms with Crippen LogP contribution in [0.1, 0.15) is 19.4 Å². The fourth-order valence-corrected chi connectivity index (χ4v) is 1.41. The minimum Gasteiger partial charge on any atom is -0.366 e. The van der Waals surface area contributed by atoms with Gasteiger partial charge in [-0.25, -0.2) is 0 Å². The molecular formula is C14H17NO. The second kappa shape index (κ2) is 5.91. The van der Waals surface area contributed by atoms with Crippen LogP contribution in [0.25, 0.3) is 5.57 Å². The summed E-state index contributed by atoms with van der Waals surface area (Å²) in [6, 6.07) is 9.94. The van der Waals surface area contributed by atoms with E-state index in [4.69, 9.17) is 5.73 Å². The summed E-state index contributed by atoms with van der Waals surface area (Å²) in [6.45, 7) is 4.20. The van der Waals surface area contributed by atoms with Gasteiger partial charge in [0.05, 0.1) is 0 Å². The van der Waals surface area contributed by atoms with E-state index in [2.05, 4.69) is 19.9 Å². The summed E-state index contributed by atoms with van der Waals surface area (Å²) in [7, 11) is 0. The highest BCUT2D eigenvalue weighted by molar-refractivity contribution is 5.89. The van der Waals surface area contributed by atoms with Gasteiger partial charge in [0.25, 0.3) is 0 Å². The lowest BCUT2D eigenvalue weighted by molar-refractivity contribution is -0.113. The average molecular weight is 215 g/mol. The third kappa shape index (κ3) is 4.13. The third-order valence-corrected chi connectivity index (χ3v) is 2.05. The Morgan fingerprint density at radius 3 is 2.31 bits per heavy atom. The van der Waals surface area contributed by atoms with Gasteiger partial charge in [-0.2, -0.15) is 0 Å². The van der Waals surface area contributed by atoms with Crippen LogP contribution in [-0.4, -0.2) is 5.91 Å². The molecule has 2 nitrogen and oxygen atoms in total. The molecule has 84 valence electrons. The Morgan fingerprint density at radius 2 is 1.81 bits per heavy atom. The van der Waals surface area contributed by atoms with Crippen molar-refractivity contribution in [1.29, 1.82) is 0 Å². The predicted octanol–water partition coefficient (Wildman–Crippen LogP) is 2.77. The Balaban J connectivity index is 3.02. The number of amides is 1. The molecule has 0 spiro atoms. The summed E-state index contributed by atoms with van der Waals surface area (Å²) in [5.41, 5.74) is 7.21. The van der Waals surface area contributed by atoms with E-state index in [0.29, 0.717) is 5.92 Å². The lowest BCUT2D eigenvalue weighted by Crippen LogP contribution is -2.05. The van der Waals surface area contributed by atoms with Crippen molar-refractivity contribution < 1.29 is 4.79 Å². The Kier molecular flexibility index (Phi) is 4.52. The summed E-state index contributed by atoms with van der Waals surface area (Å²) in [5, 5.41) is 0. The maximum absolute atomic E-state index is 10.7. The van der Waals surface area contributed by atoms with Crippen LogP contribution < -0.4 is 5.73 Å². The minimum atomic E-state index is -0.425. The van der Waals surface area contributed by atoms with E-state index in [1.807, 2.05) is 30.3 Å². The molecule has 0 aliphatic carbocycles. The van der Waals surface area contributed by atoms with E-state index >= 15 is 0 Å². The van der Waals surface area contributed by atoms with E-state index in [1.165, 1.54) is 6.08 Å². The molecule has 0 saturated carbocycles. The van der Waals surface area contributed by atoms with E-state index < -0.39 is 5.91 Å². The van der Waals surface area contributed by atoms with Crippen LogP contribution in [0.2, 0.25) is 0 Å². The number of carbonyl (C=O) groups is 1. The number of hydrogen-bond donors (Lipinski definition) is 1. The highest BCUT2D eigenvalue weighted by Gasteiger charge is 1.98. The molecule has 1 aromatic carbocycles. The second-order valence-corrected chi connectivity index (χ2v) is 3.97. The summed E-state index contributed by atoms with van der Waals surface area (Å²) < 4.78 is 0. The molecule has 16 heavy (non-hydrogen) atoms. The lowest BCUT2D eigenvalue weighted by Gasteiger charge is -2.04. The van der Waals surface area contributed by atoms with E-state index in [-0.39, 0.29) is 0 Å². The van der Waals surface area contributed by atoms with Crippen molar-refractivity contribution in [1.82, 2.24) is 0 Å². The zero-order chi connectivity index (χ0) is 12.0. The highest BCUT2D eigenvalue weighted by Crippen LogP contribution is 2.17. The van der Waals surface area contributed by atoms with Crippen molar-refractivity contribution in [2.24, 2.45) is 11.7 Å². The monoisotopic (exact) mass is 215 g/mol. The van der Waals surface area contributed by atoms with Crippen LogP contribution in [0, 0.1) is 5.92 Å². The van der Waals surface area contributed by atoms with Crippen LogP contribution in [0.3, 0.4) is 0 Å². The molecule has 1 rings (SSSR count). The minimum absolute atomic E-state index is 0.424. The van der Waals surface area contributed by atoms with Crippen molar-refractivity contribution in [2.75, 3.05) is 0 Å². The van der Waals surface area contributed by atoms with Crippen LogP contribution in [-0.2, 0) is 4.79 Å². The smallest absolute Gasteiger partial charge is 0.241 e. The molecule has 0 aliphatic rings. The molecule has 0 aromatic heterocycles. The second-order valence-electron chi connectivity index (χ2n) is 3.97. The summed E-state index contributed by atoms with van der Waals surface area (Å²) in [4.78, 5) is 10.7. The van der Waals surface area contributed by atoms with Crippen LogP contribution in [0.15, 0.2) is 48.6 Å². The van der Waals surface area contributed by atoms with Crippen molar-refractivity contribution in [3.8, 4) is 0 Å². The Labute approximate surface area is 96.5 Å². The molecule has 0 fully saturated rings. The molecule has 2 N–H and O–H groups in total.